The van der Waals surface area contributed by atoms with E-state index in [9.17, 15) is 0 Å². The molecular formula is C18H23NO2. The molecule has 1 N–H and O–H groups in total. The number of benzene rings is 2. The van der Waals surface area contributed by atoms with Gasteiger partial charge in [-0.3, -0.25) is 0 Å². The van der Waals surface area contributed by atoms with E-state index >= 15 is 0 Å². The van der Waals surface area contributed by atoms with Crippen LogP contribution >= 0.6 is 0 Å². The summed E-state index contributed by atoms with van der Waals surface area (Å²) in [4.78, 5) is 0. The highest BCUT2D eigenvalue weighted by atomic mass is 16.5. The van der Waals surface area contributed by atoms with E-state index in [1.165, 1.54) is 5.56 Å². The predicted octanol–water partition coefficient (Wildman–Crippen LogP) is 3.71. The lowest BCUT2D eigenvalue weighted by Crippen LogP contribution is -2.19. The lowest BCUT2D eigenvalue weighted by atomic mass is 9.96. The quantitative estimate of drug-likeness (QED) is 0.877. The van der Waals surface area contributed by atoms with E-state index < -0.39 is 0 Å². The Labute approximate surface area is 126 Å². The zero-order valence-corrected chi connectivity index (χ0v) is 13.1. The van der Waals surface area contributed by atoms with Crippen LogP contribution in [0.4, 0.5) is 0 Å². The summed E-state index contributed by atoms with van der Waals surface area (Å²) in [5.74, 6) is 1.79. The van der Waals surface area contributed by atoms with Crippen LogP contribution in [0.2, 0.25) is 0 Å². The van der Waals surface area contributed by atoms with Gasteiger partial charge >= 0.3 is 0 Å². The van der Waals surface area contributed by atoms with Crippen molar-refractivity contribution in [3.05, 3.63) is 59.2 Å². The molecule has 0 radical (unpaired) electrons. The fourth-order valence-corrected chi connectivity index (χ4v) is 2.54. The van der Waals surface area contributed by atoms with Crippen molar-refractivity contribution in [3.8, 4) is 11.5 Å². The average Bonchev–Trinajstić information content (AvgIpc) is 2.51. The van der Waals surface area contributed by atoms with Crippen LogP contribution in [0.5, 0.6) is 11.5 Å². The van der Waals surface area contributed by atoms with Crippen molar-refractivity contribution in [2.75, 3.05) is 20.8 Å². The maximum Gasteiger partial charge on any atom is 0.124 e. The number of para-hydroxylation sites is 1. The molecule has 0 spiro atoms. The van der Waals surface area contributed by atoms with Gasteiger partial charge in [-0.1, -0.05) is 30.3 Å². The summed E-state index contributed by atoms with van der Waals surface area (Å²) in [6.07, 6.45) is 0. The second-order valence-corrected chi connectivity index (χ2v) is 4.94. The van der Waals surface area contributed by atoms with Crippen molar-refractivity contribution in [3.63, 3.8) is 0 Å². The summed E-state index contributed by atoms with van der Waals surface area (Å²) < 4.78 is 11.3. The molecule has 112 valence electrons. The van der Waals surface area contributed by atoms with Gasteiger partial charge in [-0.15, -0.1) is 0 Å². The van der Waals surface area contributed by atoms with E-state index in [2.05, 4.69) is 36.5 Å². The molecule has 2 aromatic rings. The standard InChI is InChI=1S/C18H23NO2/c1-5-21-16-9-7-6-8-14(16)18(19-3)15-11-10-13(2)12-17(15)20-4/h6-12,18-19H,5H2,1-4H3. The van der Waals surface area contributed by atoms with Crippen molar-refractivity contribution in [2.24, 2.45) is 0 Å². The van der Waals surface area contributed by atoms with Crippen LogP contribution in [0, 0.1) is 6.92 Å². The van der Waals surface area contributed by atoms with Gasteiger partial charge < -0.3 is 14.8 Å². The summed E-state index contributed by atoms with van der Waals surface area (Å²) in [5.41, 5.74) is 3.41. The summed E-state index contributed by atoms with van der Waals surface area (Å²) in [6.45, 7) is 4.71. The maximum atomic E-state index is 5.76. The Balaban J connectivity index is 2.49. The van der Waals surface area contributed by atoms with E-state index in [0.717, 1.165) is 22.6 Å². The van der Waals surface area contributed by atoms with E-state index in [1.54, 1.807) is 7.11 Å². The Kier molecular flexibility index (Phi) is 5.23. The molecule has 1 unspecified atom stereocenters. The Bertz CT molecular complexity index is 596. The van der Waals surface area contributed by atoms with Gasteiger partial charge in [0.1, 0.15) is 11.5 Å². The van der Waals surface area contributed by atoms with Gasteiger partial charge in [-0.25, -0.2) is 0 Å². The molecule has 1 atom stereocenters. The SMILES string of the molecule is CCOc1ccccc1C(NC)c1ccc(C)cc1OC. The van der Waals surface area contributed by atoms with E-state index in [0.29, 0.717) is 6.61 Å². The second kappa shape index (κ2) is 7.14. The van der Waals surface area contributed by atoms with E-state index in [4.69, 9.17) is 9.47 Å². The molecule has 0 aliphatic rings. The van der Waals surface area contributed by atoms with Crippen LogP contribution in [-0.4, -0.2) is 20.8 Å². The molecule has 0 aliphatic carbocycles. The fraction of sp³-hybridized carbons (Fsp3) is 0.333. The number of aryl methyl sites for hydroxylation is 1. The van der Waals surface area contributed by atoms with Crippen molar-refractivity contribution in [1.82, 2.24) is 5.32 Å². The first kappa shape index (κ1) is 15.4. The maximum absolute atomic E-state index is 5.76. The van der Waals surface area contributed by atoms with E-state index in [-0.39, 0.29) is 6.04 Å². The van der Waals surface area contributed by atoms with Gasteiger partial charge in [0.05, 0.1) is 19.8 Å². The fourth-order valence-electron chi connectivity index (χ4n) is 2.54. The minimum Gasteiger partial charge on any atom is -0.496 e. The molecule has 3 heteroatoms. The van der Waals surface area contributed by atoms with Crippen LogP contribution in [0.15, 0.2) is 42.5 Å². The predicted molar refractivity (Wildman–Crippen MR) is 86.2 cm³/mol. The van der Waals surface area contributed by atoms with E-state index in [1.807, 2.05) is 32.2 Å². The van der Waals surface area contributed by atoms with Crippen LogP contribution in [0.1, 0.15) is 29.7 Å². The third-order valence-corrected chi connectivity index (χ3v) is 3.52. The van der Waals surface area contributed by atoms with Gasteiger partial charge in [-0.05, 0) is 38.6 Å². The Morgan fingerprint density at radius 1 is 1.05 bits per heavy atom. The third-order valence-electron chi connectivity index (χ3n) is 3.52. The minimum absolute atomic E-state index is 0.0308. The van der Waals surface area contributed by atoms with Gasteiger partial charge in [0.25, 0.3) is 0 Å². The molecule has 0 aromatic heterocycles. The second-order valence-electron chi connectivity index (χ2n) is 4.94. The highest BCUT2D eigenvalue weighted by Gasteiger charge is 2.20. The number of hydrogen-bond donors (Lipinski definition) is 1. The summed E-state index contributed by atoms with van der Waals surface area (Å²) >= 11 is 0. The minimum atomic E-state index is 0.0308. The molecule has 21 heavy (non-hydrogen) atoms. The average molecular weight is 285 g/mol. The molecule has 2 aromatic carbocycles. The topological polar surface area (TPSA) is 30.5 Å². The lowest BCUT2D eigenvalue weighted by Gasteiger charge is -2.22. The van der Waals surface area contributed by atoms with Crippen molar-refractivity contribution < 1.29 is 9.47 Å². The van der Waals surface area contributed by atoms with Crippen LogP contribution in [0.3, 0.4) is 0 Å². The number of rotatable bonds is 6. The number of hydrogen-bond acceptors (Lipinski definition) is 3. The number of nitrogens with one attached hydrogen (secondary N) is 1. The Morgan fingerprint density at radius 2 is 1.76 bits per heavy atom. The monoisotopic (exact) mass is 285 g/mol. The lowest BCUT2D eigenvalue weighted by molar-refractivity contribution is 0.333. The zero-order valence-electron chi connectivity index (χ0n) is 13.1. The highest BCUT2D eigenvalue weighted by molar-refractivity contribution is 5.47. The zero-order chi connectivity index (χ0) is 15.2. The molecule has 0 bridgehead atoms. The van der Waals surface area contributed by atoms with Crippen molar-refractivity contribution in [2.45, 2.75) is 19.9 Å². The molecule has 0 amide bonds. The molecule has 0 aliphatic heterocycles. The van der Waals surface area contributed by atoms with Crippen LogP contribution < -0.4 is 14.8 Å². The third kappa shape index (κ3) is 3.37. The summed E-state index contributed by atoms with van der Waals surface area (Å²) in [6, 6.07) is 14.4. The molecule has 0 fully saturated rings. The highest BCUT2D eigenvalue weighted by Crippen LogP contribution is 2.34. The normalized spacial score (nSPS) is 12.0. The smallest absolute Gasteiger partial charge is 0.124 e. The molecular weight excluding hydrogens is 262 g/mol. The van der Waals surface area contributed by atoms with Gasteiger partial charge in [-0.2, -0.15) is 0 Å². The number of ether oxygens (including phenoxy) is 2. The van der Waals surface area contributed by atoms with Gasteiger partial charge in [0.15, 0.2) is 0 Å². The Hall–Kier alpha value is -2.00. The molecule has 3 nitrogen and oxygen atoms in total. The molecule has 0 saturated carbocycles. The van der Waals surface area contributed by atoms with Crippen molar-refractivity contribution in [1.29, 1.82) is 0 Å². The summed E-state index contributed by atoms with van der Waals surface area (Å²) in [7, 11) is 3.66. The van der Waals surface area contributed by atoms with Gasteiger partial charge in [0, 0.05) is 11.1 Å². The molecule has 0 heterocycles. The van der Waals surface area contributed by atoms with Crippen LogP contribution in [0.25, 0.3) is 0 Å². The van der Waals surface area contributed by atoms with Crippen LogP contribution in [-0.2, 0) is 0 Å². The largest absolute Gasteiger partial charge is 0.496 e. The first-order valence-electron chi connectivity index (χ1n) is 7.24. The van der Waals surface area contributed by atoms with Gasteiger partial charge in [0.2, 0.25) is 0 Å². The number of methoxy groups -OCH3 is 1. The first-order valence-corrected chi connectivity index (χ1v) is 7.24. The molecule has 2 rings (SSSR count). The molecule has 0 saturated heterocycles. The summed E-state index contributed by atoms with van der Waals surface area (Å²) in [5, 5.41) is 3.37. The Morgan fingerprint density at radius 3 is 2.43 bits per heavy atom. The first-order chi connectivity index (χ1) is 10.2. The van der Waals surface area contributed by atoms with Crippen molar-refractivity contribution >= 4 is 0 Å².